The third-order valence-corrected chi connectivity index (χ3v) is 5.19. The molecule has 4 N–H and O–H groups in total. The molecule has 29 heavy (non-hydrogen) atoms. The van der Waals surface area contributed by atoms with E-state index in [1.54, 1.807) is 0 Å². The second-order valence-electron chi connectivity index (χ2n) is 7.92. The fraction of sp³-hybridized carbons (Fsp3) is 0.636. The predicted octanol–water partition coefficient (Wildman–Crippen LogP) is 2.87. The molecule has 1 aromatic carbocycles. The van der Waals surface area contributed by atoms with E-state index in [4.69, 9.17) is 10.7 Å². The van der Waals surface area contributed by atoms with Crippen LogP contribution in [0.3, 0.4) is 0 Å². The normalized spacial score (nSPS) is 15.8. The topological polar surface area (TPSA) is 82.8 Å². The number of aryl methyl sites for hydroxylation is 1. The smallest absolute Gasteiger partial charge is 0.231 e. The van der Waals surface area contributed by atoms with Gasteiger partial charge in [0.15, 0.2) is 5.96 Å². The van der Waals surface area contributed by atoms with Crippen LogP contribution in [0.1, 0.15) is 57.1 Å². The second kappa shape index (κ2) is 13.8. The molecule has 0 unspecified atom stereocenters. The minimum absolute atomic E-state index is 0. The molecule has 164 valence electrons. The number of likely N-dealkylation sites (tertiary alicyclic amines) is 1. The van der Waals surface area contributed by atoms with Crippen molar-refractivity contribution in [3.05, 3.63) is 35.4 Å². The van der Waals surface area contributed by atoms with E-state index in [9.17, 15) is 4.79 Å². The first-order valence-corrected chi connectivity index (χ1v) is 10.6. The van der Waals surface area contributed by atoms with Crippen LogP contribution in [0.15, 0.2) is 29.3 Å². The molecule has 0 aromatic heterocycles. The Labute approximate surface area is 193 Å². The van der Waals surface area contributed by atoms with E-state index in [1.165, 1.54) is 11.1 Å². The van der Waals surface area contributed by atoms with E-state index in [0.717, 1.165) is 57.8 Å². The van der Waals surface area contributed by atoms with Crippen LogP contribution in [0.25, 0.3) is 0 Å². The van der Waals surface area contributed by atoms with Crippen LogP contribution in [0.5, 0.6) is 0 Å². The fourth-order valence-electron chi connectivity index (χ4n) is 3.51. The van der Waals surface area contributed by atoms with Gasteiger partial charge in [0.1, 0.15) is 0 Å². The lowest BCUT2D eigenvalue weighted by molar-refractivity contribution is -0.119. The van der Waals surface area contributed by atoms with E-state index >= 15 is 0 Å². The number of aliphatic imine (C=N–C) groups is 1. The van der Waals surface area contributed by atoms with Crippen LogP contribution in [0.4, 0.5) is 0 Å². The summed E-state index contributed by atoms with van der Waals surface area (Å²) in [6.07, 6.45) is 4.08. The zero-order valence-corrected chi connectivity index (χ0v) is 20.4. The van der Waals surface area contributed by atoms with Gasteiger partial charge in [-0.15, -0.1) is 24.0 Å². The molecule has 0 saturated carbocycles. The molecule has 1 aromatic rings. The standard InChI is InChI=1S/C22H37N5O.HI/c1-4-24-22(26-20-11-14-27(15-12-20)16-21(23)28)25-13-5-6-18-7-9-19(10-8-18)17(2)3;/h7-10,17,20H,4-6,11-16H2,1-3H3,(H2,23,28)(H2,24,25,26);1H. The first kappa shape index (κ1) is 25.7. The molecule has 1 amide bonds. The van der Waals surface area contributed by atoms with E-state index in [1.807, 2.05) is 0 Å². The number of benzene rings is 1. The van der Waals surface area contributed by atoms with Crippen LogP contribution in [0, 0.1) is 0 Å². The Morgan fingerprint density at radius 2 is 1.90 bits per heavy atom. The number of guanidine groups is 1. The summed E-state index contributed by atoms with van der Waals surface area (Å²) in [6.45, 7) is 10.3. The Balaban J connectivity index is 0.00000420. The molecule has 0 atom stereocenters. The number of nitrogens with zero attached hydrogens (tertiary/aromatic N) is 2. The third-order valence-electron chi connectivity index (χ3n) is 5.19. The molecular weight excluding hydrogens is 477 g/mol. The van der Waals surface area contributed by atoms with E-state index < -0.39 is 0 Å². The molecule has 0 aliphatic carbocycles. The number of primary amides is 1. The summed E-state index contributed by atoms with van der Waals surface area (Å²) in [4.78, 5) is 17.9. The molecule has 0 radical (unpaired) electrons. The van der Waals surface area contributed by atoms with Gasteiger partial charge in [-0.05, 0) is 49.7 Å². The number of hydrogen-bond acceptors (Lipinski definition) is 3. The number of amides is 1. The molecule has 1 fully saturated rings. The average molecular weight is 515 g/mol. The number of rotatable bonds is 9. The lowest BCUT2D eigenvalue weighted by Crippen LogP contribution is -2.49. The second-order valence-corrected chi connectivity index (χ2v) is 7.92. The van der Waals surface area contributed by atoms with Crippen LogP contribution < -0.4 is 16.4 Å². The molecule has 6 nitrogen and oxygen atoms in total. The summed E-state index contributed by atoms with van der Waals surface area (Å²) < 4.78 is 0. The maximum atomic E-state index is 11.0. The number of carbonyl (C=O) groups excluding carboxylic acids is 1. The van der Waals surface area contributed by atoms with Crippen LogP contribution >= 0.6 is 24.0 Å². The number of nitrogens with one attached hydrogen (secondary N) is 2. The predicted molar refractivity (Wildman–Crippen MR) is 132 cm³/mol. The van der Waals surface area contributed by atoms with Gasteiger partial charge in [0.05, 0.1) is 6.54 Å². The third kappa shape index (κ3) is 9.80. The maximum Gasteiger partial charge on any atom is 0.231 e. The van der Waals surface area contributed by atoms with Crippen molar-refractivity contribution < 1.29 is 4.79 Å². The summed E-state index contributed by atoms with van der Waals surface area (Å²) in [5, 5.41) is 6.89. The number of carbonyl (C=O) groups is 1. The monoisotopic (exact) mass is 515 g/mol. The van der Waals surface area contributed by atoms with E-state index in [0.29, 0.717) is 18.5 Å². The lowest BCUT2D eigenvalue weighted by atomic mass is 10.0. The van der Waals surface area contributed by atoms with E-state index in [-0.39, 0.29) is 29.9 Å². The molecular formula is C22H38IN5O. The summed E-state index contributed by atoms with van der Waals surface area (Å²) >= 11 is 0. The SMILES string of the molecule is CCNC(=NCCCc1ccc(C(C)C)cc1)NC1CCN(CC(N)=O)CC1.I. The van der Waals surface area contributed by atoms with Crippen LogP contribution in [0.2, 0.25) is 0 Å². The first-order valence-electron chi connectivity index (χ1n) is 10.6. The Bertz CT molecular complexity index is 625. The van der Waals surface area contributed by atoms with Crippen molar-refractivity contribution in [2.45, 2.75) is 58.4 Å². The van der Waals surface area contributed by atoms with Gasteiger partial charge in [-0.1, -0.05) is 38.1 Å². The zero-order chi connectivity index (χ0) is 20.4. The van der Waals surface area contributed by atoms with Crippen LogP contribution in [-0.2, 0) is 11.2 Å². The number of hydrogen-bond donors (Lipinski definition) is 3. The molecule has 2 rings (SSSR count). The Kier molecular flexibility index (Phi) is 12.2. The molecule has 1 heterocycles. The van der Waals surface area contributed by atoms with Crippen molar-refractivity contribution in [3.8, 4) is 0 Å². The number of piperidine rings is 1. The van der Waals surface area contributed by atoms with Crippen molar-refractivity contribution >= 4 is 35.8 Å². The Morgan fingerprint density at radius 1 is 1.24 bits per heavy atom. The molecule has 1 aliphatic rings. The molecule has 0 bridgehead atoms. The number of nitrogens with two attached hydrogens (primary N) is 1. The molecule has 1 saturated heterocycles. The van der Waals surface area contributed by atoms with Crippen molar-refractivity contribution in [2.75, 3.05) is 32.7 Å². The highest BCUT2D eigenvalue weighted by atomic mass is 127. The van der Waals surface area contributed by atoms with Crippen molar-refractivity contribution in [1.82, 2.24) is 15.5 Å². The van der Waals surface area contributed by atoms with Gasteiger partial charge in [0.2, 0.25) is 5.91 Å². The Morgan fingerprint density at radius 3 is 2.45 bits per heavy atom. The largest absolute Gasteiger partial charge is 0.369 e. The summed E-state index contributed by atoms with van der Waals surface area (Å²) in [7, 11) is 0. The lowest BCUT2D eigenvalue weighted by Gasteiger charge is -2.32. The molecule has 0 spiro atoms. The minimum atomic E-state index is -0.250. The first-order chi connectivity index (χ1) is 13.5. The highest BCUT2D eigenvalue weighted by Gasteiger charge is 2.20. The van der Waals surface area contributed by atoms with Gasteiger partial charge in [0.25, 0.3) is 0 Å². The Hall–Kier alpha value is -1.35. The maximum absolute atomic E-state index is 11.0. The van der Waals surface area contributed by atoms with Gasteiger partial charge in [0, 0.05) is 32.2 Å². The highest BCUT2D eigenvalue weighted by molar-refractivity contribution is 14.0. The van der Waals surface area contributed by atoms with Crippen LogP contribution in [-0.4, -0.2) is 55.5 Å². The quantitative estimate of drug-likeness (QED) is 0.205. The fourth-order valence-corrected chi connectivity index (χ4v) is 3.51. The van der Waals surface area contributed by atoms with Gasteiger partial charge < -0.3 is 16.4 Å². The van der Waals surface area contributed by atoms with Gasteiger partial charge >= 0.3 is 0 Å². The minimum Gasteiger partial charge on any atom is -0.369 e. The van der Waals surface area contributed by atoms with Gasteiger partial charge in [-0.3, -0.25) is 14.7 Å². The van der Waals surface area contributed by atoms with Crippen molar-refractivity contribution in [1.29, 1.82) is 0 Å². The molecule has 1 aliphatic heterocycles. The van der Waals surface area contributed by atoms with E-state index in [2.05, 4.69) is 60.6 Å². The van der Waals surface area contributed by atoms with Crippen molar-refractivity contribution in [2.24, 2.45) is 10.7 Å². The summed E-state index contributed by atoms with van der Waals surface area (Å²) in [6, 6.07) is 9.34. The van der Waals surface area contributed by atoms with Gasteiger partial charge in [-0.2, -0.15) is 0 Å². The van der Waals surface area contributed by atoms with Gasteiger partial charge in [-0.25, -0.2) is 0 Å². The average Bonchev–Trinajstić information content (AvgIpc) is 2.67. The summed E-state index contributed by atoms with van der Waals surface area (Å²) in [5.41, 5.74) is 8.05. The highest BCUT2D eigenvalue weighted by Crippen LogP contribution is 2.15. The number of halogens is 1. The summed E-state index contributed by atoms with van der Waals surface area (Å²) in [5.74, 6) is 1.22. The van der Waals surface area contributed by atoms with Crippen molar-refractivity contribution in [3.63, 3.8) is 0 Å². The zero-order valence-electron chi connectivity index (χ0n) is 18.1. The molecule has 7 heteroatoms.